The number of aliphatic hydroxyl groups is 1. The number of nitrogen functional groups attached to an aromatic ring is 1. The van der Waals surface area contributed by atoms with Gasteiger partial charge in [-0.05, 0) is 12.1 Å². The van der Waals surface area contributed by atoms with Crippen LogP contribution in [0.3, 0.4) is 0 Å². The molecule has 104 valence electrons. The molecule has 0 aliphatic carbocycles. The van der Waals surface area contributed by atoms with Crippen molar-refractivity contribution in [1.29, 1.82) is 0 Å². The molecule has 0 saturated heterocycles. The van der Waals surface area contributed by atoms with Crippen molar-refractivity contribution in [2.24, 2.45) is 0 Å². The molecule has 1 atom stereocenters. The van der Waals surface area contributed by atoms with Crippen LogP contribution in [0.4, 0.5) is 5.69 Å². The fourth-order valence-corrected chi connectivity index (χ4v) is 1.75. The van der Waals surface area contributed by atoms with E-state index in [1.54, 1.807) is 0 Å². The minimum absolute atomic E-state index is 0.00587. The van der Waals surface area contributed by atoms with Crippen LogP contribution in [0.2, 0.25) is 10.0 Å². The highest BCUT2D eigenvalue weighted by atomic mass is 35.5. The maximum atomic E-state index is 11.7. The number of aliphatic hydroxyl groups excluding tert-OH is 1. The second kappa shape index (κ2) is 6.60. The van der Waals surface area contributed by atoms with Crippen LogP contribution in [0, 0.1) is 0 Å². The van der Waals surface area contributed by atoms with E-state index in [-0.39, 0.29) is 34.3 Å². The van der Waals surface area contributed by atoms with Crippen molar-refractivity contribution in [3.05, 3.63) is 27.7 Å². The monoisotopic (exact) mass is 306 g/mol. The summed E-state index contributed by atoms with van der Waals surface area (Å²) in [6.07, 6.45) is -1.61. The Morgan fingerprint density at radius 1 is 1.32 bits per heavy atom. The minimum Gasteiger partial charge on any atom is -0.479 e. The number of nitrogens with two attached hydrogens (primary N) is 1. The van der Waals surface area contributed by atoms with E-state index in [1.165, 1.54) is 12.1 Å². The van der Waals surface area contributed by atoms with Gasteiger partial charge >= 0.3 is 5.97 Å². The van der Waals surface area contributed by atoms with Crippen LogP contribution in [0.1, 0.15) is 16.8 Å². The van der Waals surface area contributed by atoms with Gasteiger partial charge in [0.2, 0.25) is 0 Å². The molecule has 0 saturated carbocycles. The van der Waals surface area contributed by atoms with Gasteiger partial charge < -0.3 is 21.3 Å². The molecule has 0 heterocycles. The third kappa shape index (κ3) is 4.27. The van der Waals surface area contributed by atoms with Gasteiger partial charge in [0.15, 0.2) is 6.10 Å². The number of aliphatic carboxylic acids is 1. The molecule has 1 aromatic carbocycles. The fourth-order valence-electron chi connectivity index (χ4n) is 1.26. The van der Waals surface area contributed by atoms with Crippen LogP contribution in [-0.2, 0) is 4.79 Å². The van der Waals surface area contributed by atoms with Gasteiger partial charge in [-0.25, -0.2) is 4.79 Å². The van der Waals surface area contributed by atoms with Crippen LogP contribution < -0.4 is 11.1 Å². The molecule has 0 aliphatic rings. The van der Waals surface area contributed by atoms with Gasteiger partial charge in [0.1, 0.15) is 0 Å². The van der Waals surface area contributed by atoms with Crippen molar-refractivity contribution in [2.75, 3.05) is 12.3 Å². The summed E-state index contributed by atoms with van der Waals surface area (Å²) in [6, 6.07) is 2.71. The molecule has 19 heavy (non-hydrogen) atoms. The maximum Gasteiger partial charge on any atom is 0.332 e. The van der Waals surface area contributed by atoms with Crippen molar-refractivity contribution in [1.82, 2.24) is 5.32 Å². The molecule has 1 unspecified atom stereocenters. The maximum absolute atomic E-state index is 11.7. The average Bonchev–Trinajstić information content (AvgIpc) is 2.34. The number of amides is 1. The average molecular weight is 307 g/mol. The third-order valence-electron chi connectivity index (χ3n) is 2.33. The number of halogens is 2. The van der Waals surface area contributed by atoms with E-state index in [1.807, 2.05) is 0 Å². The number of rotatable bonds is 5. The minimum atomic E-state index is -1.51. The highest BCUT2D eigenvalue weighted by Crippen LogP contribution is 2.28. The third-order valence-corrected chi connectivity index (χ3v) is 2.96. The lowest BCUT2D eigenvalue weighted by molar-refractivity contribution is -0.146. The molecule has 0 aliphatic heterocycles. The number of carboxylic acids is 1. The number of carbonyl (C=O) groups excluding carboxylic acids is 1. The number of hydrogen-bond acceptors (Lipinski definition) is 4. The summed E-state index contributed by atoms with van der Waals surface area (Å²) in [5.74, 6) is -1.82. The van der Waals surface area contributed by atoms with Gasteiger partial charge in [-0.15, -0.1) is 0 Å². The quantitative estimate of drug-likeness (QED) is 0.609. The van der Waals surface area contributed by atoms with Crippen molar-refractivity contribution in [3.63, 3.8) is 0 Å². The molecule has 6 nitrogen and oxygen atoms in total. The molecule has 0 fully saturated rings. The summed E-state index contributed by atoms with van der Waals surface area (Å²) < 4.78 is 0. The van der Waals surface area contributed by atoms with Crippen molar-refractivity contribution < 1.29 is 19.8 Å². The topological polar surface area (TPSA) is 113 Å². The van der Waals surface area contributed by atoms with Gasteiger partial charge in [0.05, 0.1) is 15.7 Å². The second-order valence-electron chi connectivity index (χ2n) is 3.75. The molecule has 0 aromatic heterocycles. The van der Waals surface area contributed by atoms with E-state index >= 15 is 0 Å². The number of benzene rings is 1. The lowest BCUT2D eigenvalue weighted by Gasteiger charge is -2.09. The van der Waals surface area contributed by atoms with E-state index in [0.29, 0.717) is 0 Å². The van der Waals surface area contributed by atoms with Gasteiger partial charge in [-0.1, -0.05) is 23.2 Å². The van der Waals surface area contributed by atoms with Crippen LogP contribution in [0.25, 0.3) is 0 Å². The number of anilines is 1. The normalized spacial score (nSPS) is 11.9. The predicted molar refractivity (Wildman–Crippen MR) is 71.5 cm³/mol. The van der Waals surface area contributed by atoms with Crippen molar-refractivity contribution in [3.8, 4) is 0 Å². The predicted octanol–water partition coefficient (Wildman–Crippen LogP) is 1.14. The van der Waals surface area contributed by atoms with Crippen LogP contribution in [0.15, 0.2) is 12.1 Å². The smallest absolute Gasteiger partial charge is 0.332 e. The Hall–Kier alpha value is -1.50. The molecule has 1 aromatic rings. The van der Waals surface area contributed by atoms with E-state index in [0.717, 1.165) is 0 Å². The lowest BCUT2D eigenvalue weighted by Crippen LogP contribution is -2.30. The SMILES string of the molecule is Nc1c(Cl)cc(C(=O)NCCC(O)C(=O)O)cc1Cl. The van der Waals surface area contributed by atoms with Crippen molar-refractivity contribution >= 4 is 40.8 Å². The Morgan fingerprint density at radius 3 is 2.32 bits per heavy atom. The molecule has 1 rings (SSSR count). The molecule has 5 N–H and O–H groups in total. The standard InChI is InChI=1S/C11H12Cl2N2O4/c12-6-3-5(4-7(13)9(6)14)10(17)15-2-1-8(16)11(18)19/h3-4,8,16H,1-2,14H2,(H,15,17)(H,18,19). The summed E-state index contributed by atoms with van der Waals surface area (Å²) in [4.78, 5) is 22.1. The first-order chi connectivity index (χ1) is 8.82. The zero-order valence-corrected chi connectivity index (χ0v) is 11.2. The first-order valence-electron chi connectivity index (χ1n) is 5.26. The first kappa shape index (κ1) is 15.6. The largest absolute Gasteiger partial charge is 0.479 e. The Kier molecular flexibility index (Phi) is 5.41. The number of carbonyl (C=O) groups is 2. The van der Waals surface area contributed by atoms with Crippen molar-refractivity contribution in [2.45, 2.75) is 12.5 Å². The van der Waals surface area contributed by atoms with E-state index < -0.39 is 18.0 Å². The fraction of sp³-hybridized carbons (Fsp3) is 0.273. The summed E-state index contributed by atoms with van der Waals surface area (Å²) >= 11 is 11.6. The van der Waals surface area contributed by atoms with Crippen LogP contribution in [0.5, 0.6) is 0 Å². The van der Waals surface area contributed by atoms with Gasteiger partial charge in [-0.3, -0.25) is 4.79 Å². The molecule has 8 heteroatoms. The lowest BCUT2D eigenvalue weighted by atomic mass is 10.2. The van der Waals surface area contributed by atoms with Gasteiger partial charge in [-0.2, -0.15) is 0 Å². The zero-order valence-electron chi connectivity index (χ0n) is 9.69. The second-order valence-corrected chi connectivity index (χ2v) is 4.57. The molecular formula is C11H12Cl2N2O4. The Morgan fingerprint density at radius 2 is 1.84 bits per heavy atom. The Balaban J connectivity index is 2.62. The zero-order chi connectivity index (χ0) is 14.6. The summed E-state index contributed by atoms with van der Waals surface area (Å²) in [7, 11) is 0. The molecule has 0 radical (unpaired) electrons. The molecule has 0 bridgehead atoms. The van der Waals surface area contributed by atoms with Crippen LogP contribution >= 0.6 is 23.2 Å². The highest BCUT2D eigenvalue weighted by molar-refractivity contribution is 6.39. The first-order valence-corrected chi connectivity index (χ1v) is 6.02. The number of nitrogens with one attached hydrogen (secondary N) is 1. The summed E-state index contributed by atoms with van der Waals surface area (Å²) in [5.41, 5.74) is 5.91. The number of hydrogen-bond donors (Lipinski definition) is 4. The molecule has 1 amide bonds. The van der Waals surface area contributed by atoms with Gasteiger partial charge in [0.25, 0.3) is 5.91 Å². The summed E-state index contributed by atoms with van der Waals surface area (Å²) in [5, 5.41) is 20.2. The summed E-state index contributed by atoms with van der Waals surface area (Å²) in [6.45, 7) is 0.00587. The Bertz CT molecular complexity index is 484. The molecule has 0 spiro atoms. The molecular weight excluding hydrogens is 295 g/mol. The number of carboxylic acid groups (broad SMARTS) is 1. The van der Waals surface area contributed by atoms with E-state index in [2.05, 4.69) is 5.32 Å². The van der Waals surface area contributed by atoms with E-state index in [4.69, 9.17) is 39.1 Å². The Labute approximate surface area is 119 Å². The highest BCUT2D eigenvalue weighted by Gasteiger charge is 2.14. The van der Waals surface area contributed by atoms with Gasteiger partial charge in [0, 0.05) is 18.5 Å². The van der Waals surface area contributed by atoms with Crippen LogP contribution in [-0.4, -0.2) is 34.7 Å². The van der Waals surface area contributed by atoms with E-state index in [9.17, 15) is 9.59 Å².